The molecule has 0 saturated heterocycles. The summed E-state index contributed by atoms with van der Waals surface area (Å²) < 4.78 is 19.6. The van der Waals surface area contributed by atoms with Gasteiger partial charge >= 0.3 is 21.1 Å². The Morgan fingerprint density at radius 3 is 1.88 bits per heavy atom. The van der Waals surface area contributed by atoms with Gasteiger partial charge < -0.3 is 19.2 Å². The third kappa shape index (κ3) is 6.10. The van der Waals surface area contributed by atoms with E-state index in [0.717, 1.165) is 89.0 Å². The fraction of sp³-hybridized carbons (Fsp3) is 0. The van der Waals surface area contributed by atoms with Gasteiger partial charge in [-0.15, -0.1) is 52.9 Å². The van der Waals surface area contributed by atoms with Gasteiger partial charge in [-0.25, -0.2) is 4.98 Å². The van der Waals surface area contributed by atoms with Crippen LogP contribution in [0, 0.1) is 12.1 Å². The van der Waals surface area contributed by atoms with Gasteiger partial charge in [0.2, 0.25) is 12.6 Å². The van der Waals surface area contributed by atoms with Crippen molar-refractivity contribution in [1.82, 2.24) is 9.97 Å². The number of fused-ring (bicyclic) bond motifs is 5. The van der Waals surface area contributed by atoms with Gasteiger partial charge in [-0.1, -0.05) is 109 Å². The molecule has 0 aliphatic carbocycles. The van der Waals surface area contributed by atoms with Gasteiger partial charge in [0.25, 0.3) is 0 Å². The molecule has 2 aliphatic rings. The molecule has 2 aliphatic heterocycles. The van der Waals surface area contributed by atoms with Gasteiger partial charge in [0.1, 0.15) is 11.5 Å². The Hall–Kier alpha value is -6.75. The average Bonchev–Trinajstić information content (AvgIpc) is 3.26. The summed E-state index contributed by atoms with van der Waals surface area (Å²) in [5, 5.41) is 2.19. The first kappa shape index (κ1) is 34.7. The molecule has 57 heavy (non-hydrogen) atoms. The minimum absolute atomic E-state index is 0. The third-order valence-electron chi connectivity index (χ3n) is 10.6. The van der Waals surface area contributed by atoms with Gasteiger partial charge in [-0.3, -0.25) is 0 Å². The van der Waals surface area contributed by atoms with Gasteiger partial charge in [0.05, 0.1) is 0 Å². The summed E-state index contributed by atoms with van der Waals surface area (Å²) in [4.78, 5) is 9.48. The average molecular weight is 912 g/mol. The fourth-order valence-electron chi connectivity index (χ4n) is 8.08. The van der Waals surface area contributed by atoms with E-state index in [4.69, 9.17) is 19.2 Å². The topological polar surface area (TPSA) is 53.5 Å². The van der Waals surface area contributed by atoms with Crippen LogP contribution in [-0.4, -0.2) is 16.7 Å². The smallest absolute Gasteiger partial charge is 0.518 e. The van der Waals surface area contributed by atoms with Crippen molar-refractivity contribution < 1.29 is 35.3 Å². The summed E-state index contributed by atoms with van der Waals surface area (Å²) in [7, 11) is 0. The second-order valence-electron chi connectivity index (χ2n) is 13.9. The first-order chi connectivity index (χ1) is 27.7. The number of hydrogen-bond donors (Lipinski definition) is 0. The Labute approximate surface area is 344 Å². The van der Waals surface area contributed by atoms with E-state index in [1.807, 2.05) is 91.1 Å². The van der Waals surface area contributed by atoms with E-state index in [9.17, 15) is 0 Å². The van der Waals surface area contributed by atoms with Crippen molar-refractivity contribution in [1.29, 1.82) is 0 Å². The quantitative estimate of drug-likeness (QED) is 0.123. The van der Waals surface area contributed by atoms with Crippen molar-refractivity contribution in [2.45, 2.75) is 0 Å². The van der Waals surface area contributed by atoms with Crippen LogP contribution < -0.4 is 30.6 Å². The molecule has 4 heterocycles. The number of aromatic nitrogens is 2. The zero-order valence-electron chi connectivity index (χ0n) is 30.3. The maximum absolute atomic E-state index is 6.58. The predicted molar refractivity (Wildman–Crippen MR) is 223 cm³/mol. The number of rotatable bonds is 6. The molecule has 0 radical (unpaired) electrons. The molecule has 2 aromatic heterocycles. The van der Waals surface area contributed by atoms with E-state index in [-0.39, 0.29) is 27.8 Å². The number of ether oxygens (including phenoxy) is 3. The van der Waals surface area contributed by atoms with Crippen LogP contribution in [-0.2, 0) is 21.1 Å². The largest absolute Gasteiger partial charge is 2.00 e. The maximum Gasteiger partial charge on any atom is 2.00 e. The van der Waals surface area contributed by atoms with E-state index in [1.165, 1.54) is 0 Å². The van der Waals surface area contributed by atoms with Crippen molar-refractivity contribution in [3.05, 3.63) is 188 Å². The van der Waals surface area contributed by atoms with E-state index in [0.29, 0.717) is 17.4 Å². The molecule has 0 unspecified atom stereocenters. The molecule has 0 amide bonds. The molecule has 9 aromatic rings. The van der Waals surface area contributed by atoms with Gasteiger partial charge in [0.15, 0.2) is 0 Å². The molecule has 11 rings (SSSR count). The van der Waals surface area contributed by atoms with Gasteiger partial charge in [0, 0.05) is 41.2 Å². The second-order valence-corrected chi connectivity index (χ2v) is 13.9. The summed E-state index contributed by atoms with van der Waals surface area (Å²) in [6.07, 6.45) is 3.65. The molecule has 0 atom stereocenters. The minimum atomic E-state index is -0.266. The van der Waals surface area contributed by atoms with E-state index >= 15 is 0 Å². The van der Waals surface area contributed by atoms with Crippen LogP contribution in [0.15, 0.2) is 176 Å². The summed E-state index contributed by atoms with van der Waals surface area (Å²) >= 11 is 0. The zero-order valence-corrected chi connectivity index (χ0v) is 32.5. The van der Waals surface area contributed by atoms with Crippen molar-refractivity contribution in [3.63, 3.8) is 0 Å². The van der Waals surface area contributed by atoms with Crippen molar-refractivity contribution in [3.8, 4) is 79.3 Å². The molecule has 0 bridgehead atoms. The minimum Gasteiger partial charge on any atom is -0.518 e. The Bertz CT molecular complexity index is 2900. The van der Waals surface area contributed by atoms with Crippen LogP contribution in [0.3, 0.4) is 0 Å². The molecule has 0 saturated carbocycles. The predicted octanol–water partition coefficient (Wildman–Crippen LogP) is 10.4. The molecule has 0 spiro atoms. The van der Waals surface area contributed by atoms with E-state index < -0.39 is 0 Å². The van der Waals surface area contributed by atoms with Gasteiger partial charge in [-0.2, -0.15) is 0 Å². The third-order valence-corrected chi connectivity index (χ3v) is 10.6. The molecular weight excluding hydrogens is 882 g/mol. The van der Waals surface area contributed by atoms with Crippen LogP contribution in [0.5, 0.6) is 34.6 Å². The number of hydrogen-bond acceptors (Lipinski definition) is 5. The molecule has 0 fully saturated rings. The van der Waals surface area contributed by atoms with Crippen LogP contribution in [0.25, 0.3) is 55.4 Å². The van der Waals surface area contributed by atoms with Crippen LogP contribution in [0.2, 0.25) is 0 Å². The molecular formula is C50H29BN2O3Pt. The maximum atomic E-state index is 6.58. The van der Waals surface area contributed by atoms with E-state index in [2.05, 4.69) is 96.0 Å². The zero-order chi connectivity index (χ0) is 37.0. The second kappa shape index (κ2) is 14.4. The standard InChI is InChI=1S/C50H29BN2O3.Pt/c1-3-11-32(12-4-1)38-17-9-18-39(33-13-5-2-6-14-33)48(38)35-26-27-52-47(30-35)54-37-22-24-44-42(31-37)51-41-29-36(50-40-16-8-7-15-34(40)25-28-53-50)21-23-43(41)55-45-19-10-20-46(56-44)49(45)51;/h1-28,30H;/q-2;+2. The van der Waals surface area contributed by atoms with Gasteiger partial charge in [-0.05, 0) is 74.1 Å². The number of benzene rings is 7. The Kier molecular flexibility index (Phi) is 8.77. The van der Waals surface area contributed by atoms with Crippen molar-refractivity contribution in [2.24, 2.45) is 0 Å². The first-order valence-corrected chi connectivity index (χ1v) is 18.6. The molecule has 5 nitrogen and oxygen atoms in total. The van der Waals surface area contributed by atoms with Crippen LogP contribution in [0.4, 0.5) is 0 Å². The van der Waals surface area contributed by atoms with Crippen LogP contribution >= 0.6 is 0 Å². The van der Waals surface area contributed by atoms with Crippen molar-refractivity contribution >= 4 is 33.9 Å². The number of nitrogens with zero attached hydrogens (tertiary/aromatic N) is 2. The Morgan fingerprint density at radius 1 is 0.509 bits per heavy atom. The normalized spacial score (nSPS) is 12.0. The molecule has 7 heteroatoms. The monoisotopic (exact) mass is 911 g/mol. The van der Waals surface area contributed by atoms with E-state index in [1.54, 1.807) is 6.20 Å². The summed E-state index contributed by atoms with van der Waals surface area (Å²) in [5.74, 6) is 3.91. The molecule has 0 N–H and O–H groups in total. The first-order valence-electron chi connectivity index (χ1n) is 18.6. The van der Waals surface area contributed by atoms with Crippen molar-refractivity contribution in [2.75, 3.05) is 0 Å². The Balaban J connectivity index is 0.00000396. The fourth-order valence-corrected chi connectivity index (χ4v) is 8.08. The van der Waals surface area contributed by atoms with Crippen LogP contribution in [0.1, 0.15) is 0 Å². The SMILES string of the molecule is [Pt+2].[c-]1c(Oc2cc(-c3c(-c4ccccc4)cccc3-c3ccccc3)ccn2)ccc2c1B1c3[c-]c(-c4nccc5ccccc45)ccc3Oc3cccc(c31)O2. The molecule has 7 aromatic carbocycles. The summed E-state index contributed by atoms with van der Waals surface area (Å²) in [6.45, 7) is -0.266. The molecule has 270 valence electrons. The Morgan fingerprint density at radius 2 is 1.14 bits per heavy atom. The summed E-state index contributed by atoms with van der Waals surface area (Å²) in [5.41, 5.74) is 11.0. The number of pyridine rings is 2. The summed E-state index contributed by atoms with van der Waals surface area (Å²) in [6, 6.07) is 62.9.